The highest BCUT2D eigenvalue weighted by molar-refractivity contribution is 7.77. The van der Waals surface area contributed by atoms with Crippen molar-refractivity contribution in [1.82, 2.24) is 0 Å². The van der Waals surface area contributed by atoms with Crippen LogP contribution in [-0.4, -0.2) is 17.0 Å². The second kappa shape index (κ2) is 9.30. The molecule has 0 heterocycles. The Morgan fingerprint density at radius 1 is 0.667 bits per heavy atom. The van der Waals surface area contributed by atoms with Crippen molar-refractivity contribution in [1.29, 1.82) is 0 Å². The SMILES string of the molecule is Nc1cccc(C[P+](C2CCCCC2)(C2CCCCC2)C2CCCCC2)c1. The molecule has 4 rings (SSSR count). The number of nitrogen functional groups attached to an aromatic ring is 1. The number of hydrogen-bond donors (Lipinski definition) is 1. The lowest BCUT2D eigenvalue weighted by Gasteiger charge is -2.49. The second-order valence-electron chi connectivity index (χ2n) is 9.77. The van der Waals surface area contributed by atoms with E-state index in [4.69, 9.17) is 5.73 Å². The molecule has 0 aliphatic heterocycles. The van der Waals surface area contributed by atoms with Gasteiger partial charge in [0.25, 0.3) is 0 Å². The molecule has 0 unspecified atom stereocenters. The van der Waals surface area contributed by atoms with Crippen LogP contribution in [0.15, 0.2) is 24.3 Å². The number of hydrogen-bond acceptors (Lipinski definition) is 1. The number of nitrogens with two attached hydrogens (primary N) is 1. The standard InChI is InChI=1S/C25H41NP/c26-22-12-10-11-21(19-22)20-27(23-13-4-1-5-14-23,24-15-6-2-7-16-24)25-17-8-3-9-18-25/h10-12,19,23-25H,1-9,13-18,20,26H2/q+1. The quantitative estimate of drug-likeness (QED) is 0.406. The molecule has 3 saturated carbocycles. The summed E-state index contributed by atoms with van der Waals surface area (Å²) in [5, 5.41) is 0. The molecule has 2 N–H and O–H groups in total. The summed E-state index contributed by atoms with van der Waals surface area (Å²) in [7, 11) is -1.02. The van der Waals surface area contributed by atoms with Gasteiger partial charge < -0.3 is 5.73 Å². The van der Waals surface area contributed by atoms with Crippen molar-refractivity contribution < 1.29 is 0 Å². The van der Waals surface area contributed by atoms with Crippen molar-refractivity contribution in [3.63, 3.8) is 0 Å². The smallest absolute Gasteiger partial charge is 0.0851 e. The molecule has 1 aromatic carbocycles. The maximum atomic E-state index is 6.23. The third-order valence-corrected chi connectivity index (χ3v) is 14.7. The molecule has 1 nitrogen and oxygen atoms in total. The fourth-order valence-electron chi connectivity index (χ4n) is 6.97. The molecule has 1 aromatic rings. The van der Waals surface area contributed by atoms with E-state index in [0.29, 0.717) is 0 Å². The van der Waals surface area contributed by atoms with E-state index in [9.17, 15) is 0 Å². The van der Waals surface area contributed by atoms with Gasteiger partial charge in [0.1, 0.15) is 0 Å². The van der Waals surface area contributed by atoms with Gasteiger partial charge in [-0.15, -0.1) is 0 Å². The number of benzene rings is 1. The van der Waals surface area contributed by atoms with Crippen molar-refractivity contribution in [2.24, 2.45) is 0 Å². The summed E-state index contributed by atoms with van der Waals surface area (Å²) in [5.74, 6) is 0. The minimum absolute atomic E-state index is 0.974. The summed E-state index contributed by atoms with van der Waals surface area (Å²) in [4.78, 5) is 0. The van der Waals surface area contributed by atoms with Gasteiger partial charge in [-0.25, -0.2) is 0 Å². The molecule has 150 valence electrons. The molecule has 0 aromatic heterocycles. The molecule has 3 aliphatic rings. The highest BCUT2D eigenvalue weighted by Crippen LogP contribution is 2.78. The van der Waals surface area contributed by atoms with Crippen LogP contribution in [0, 0.1) is 0 Å². The van der Waals surface area contributed by atoms with Crippen molar-refractivity contribution in [3.8, 4) is 0 Å². The predicted octanol–water partition coefficient (Wildman–Crippen LogP) is 7.78. The summed E-state index contributed by atoms with van der Waals surface area (Å²) in [6, 6.07) is 9.01. The normalized spacial score (nSPS) is 24.1. The van der Waals surface area contributed by atoms with E-state index in [2.05, 4.69) is 24.3 Å². The first-order valence-corrected chi connectivity index (χ1v) is 14.2. The molecule has 0 spiro atoms. The summed E-state index contributed by atoms with van der Waals surface area (Å²) in [5.41, 5.74) is 12.0. The van der Waals surface area contributed by atoms with Crippen LogP contribution in [0.1, 0.15) is 102 Å². The average molecular weight is 387 g/mol. The number of rotatable bonds is 5. The van der Waals surface area contributed by atoms with Gasteiger partial charge >= 0.3 is 0 Å². The van der Waals surface area contributed by atoms with E-state index in [-0.39, 0.29) is 0 Å². The minimum Gasteiger partial charge on any atom is -0.399 e. The fraction of sp³-hybridized carbons (Fsp3) is 0.760. The first kappa shape index (κ1) is 19.8. The van der Waals surface area contributed by atoms with Gasteiger partial charge in [0.2, 0.25) is 0 Å². The summed E-state index contributed by atoms with van der Waals surface area (Å²) in [6.45, 7) is 0. The summed E-state index contributed by atoms with van der Waals surface area (Å²) in [6.07, 6.45) is 24.2. The van der Waals surface area contributed by atoms with Crippen LogP contribution >= 0.6 is 7.26 Å². The maximum absolute atomic E-state index is 6.23. The second-order valence-corrected chi connectivity index (χ2v) is 14.3. The van der Waals surface area contributed by atoms with E-state index in [1.54, 1.807) is 44.1 Å². The third kappa shape index (κ3) is 4.39. The Bertz CT molecular complexity index is 534. The Balaban J connectivity index is 1.73. The van der Waals surface area contributed by atoms with Gasteiger partial charge in [0.05, 0.1) is 23.1 Å². The first-order chi connectivity index (χ1) is 13.3. The fourth-order valence-corrected chi connectivity index (χ4v) is 14.3. The van der Waals surface area contributed by atoms with Gasteiger partial charge in [-0.1, -0.05) is 31.4 Å². The highest BCUT2D eigenvalue weighted by Gasteiger charge is 2.56. The Morgan fingerprint density at radius 3 is 1.52 bits per heavy atom. The van der Waals surface area contributed by atoms with Crippen LogP contribution in [-0.2, 0) is 6.16 Å². The van der Waals surface area contributed by atoms with Crippen molar-refractivity contribution in [2.75, 3.05) is 5.73 Å². The molecular weight excluding hydrogens is 345 g/mol. The lowest BCUT2D eigenvalue weighted by molar-refractivity contribution is 0.450. The molecule has 0 atom stereocenters. The first-order valence-electron chi connectivity index (χ1n) is 12.0. The average Bonchev–Trinajstić information content (AvgIpc) is 2.74. The van der Waals surface area contributed by atoms with Crippen LogP contribution in [0.5, 0.6) is 0 Å². The maximum Gasteiger partial charge on any atom is 0.0851 e. The van der Waals surface area contributed by atoms with Gasteiger partial charge in [0, 0.05) is 12.9 Å². The Labute approximate surface area is 168 Å². The Hall–Kier alpha value is -0.550. The monoisotopic (exact) mass is 386 g/mol. The van der Waals surface area contributed by atoms with Crippen LogP contribution in [0.3, 0.4) is 0 Å². The van der Waals surface area contributed by atoms with E-state index >= 15 is 0 Å². The predicted molar refractivity (Wildman–Crippen MR) is 122 cm³/mol. The van der Waals surface area contributed by atoms with Crippen LogP contribution in [0.25, 0.3) is 0 Å². The van der Waals surface area contributed by atoms with E-state index in [1.807, 2.05) is 0 Å². The molecule has 0 bridgehead atoms. The summed E-state index contributed by atoms with van der Waals surface area (Å²) >= 11 is 0. The summed E-state index contributed by atoms with van der Waals surface area (Å²) < 4.78 is 0. The van der Waals surface area contributed by atoms with Crippen LogP contribution < -0.4 is 5.73 Å². The van der Waals surface area contributed by atoms with Crippen molar-refractivity contribution >= 4 is 12.9 Å². The van der Waals surface area contributed by atoms with Gasteiger partial charge in [-0.3, -0.25) is 0 Å². The van der Waals surface area contributed by atoms with Gasteiger partial charge in [0.15, 0.2) is 0 Å². The zero-order chi connectivity index (χ0) is 18.5. The zero-order valence-electron chi connectivity index (χ0n) is 17.4. The zero-order valence-corrected chi connectivity index (χ0v) is 18.3. The Kier molecular flexibility index (Phi) is 6.80. The van der Waals surface area contributed by atoms with E-state index < -0.39 is 7.26 Å². The minimum atomic E-state index is -1.02. The topological polar surface area (TPSA) is 26.0 Å². The van der Waals surface area contributed by atoms with Crippen LogP contribution in [0.2, 0.25) is 0 Å². The molecule has 0 amide bonds. The molecule has 0 saturated heterocycles. The van der Waals surface area contributed by atoms with Crippen molar-refractivity contribution in [3.05, 3.63) is 29.8 Å². The molecule has 0 radical (unpaired) electrons. The van der Waals surface area contributed by atoms with Gasteiger partial charge in [-0.05, 0) is 94.7 Å². The Morgan fingerprint density at radius 2 is 1.11 bits per heavy atom. The molecule has 3 aliphatic carbocycles. The lowest BCUT2D eigenvalue weighted by Crippen LogP contribution is -2.37. The van der Waals surface area contributed by atoms with Crippen LogP contribution in [0.4, 0.5) is 5.69 Å². The lowest BCUT2D eigenvalue weighted by atomic mass is 9.99. The van der Waals surface area contributed by atoms with Gasteiger partial charge in [-0.2, -0.15) is 0 Å². The van der Waals surface area contributed by atoms with E-state index in [0.717, 1.165) is 22.7 Å². The largest absolute Gasteiger partial charge is 0.399 e. The van der Waals surface area contributed by atoms with E-state index in [1.165, 1.54) is 63.9 Å². The molecule has 27 heavy (non-hydrogen) atoms. The molecular formula is C25H41NP+. The van der Waals surface area contributed by atoms with Crippen molar-refractivity contribution in [2.45, 2.75) is 119 Å². The number of anilines is 1. The molecule has 3 fully saturated rings. The highest BCUT2D eigenvalue weighted by atomic mass is 31.2. The molecule has 2 heteroatoms. The third-order valence-electron chi connectivity index (χ3n) is 8.17.